The number of carbonyl (C=O) groups is 2. The van der Waals surface area contributed by atoms with Crippen molar-refractivity contribution in [1.82, 2.24) is 15.1 Å². The molecule has 32 heavy (non-hydrogen) atoms. The van der Waals surface area contributed by atoms with E-state index in [2.05, 4.69) is 15.5 Å². The van der Waals surface area contributed by atoms with Gasteiger partial charge in [-0.3, -0.25) is 9.59 Å². The SMILES string of the molecule is O=C(Nc1cccc(Cl)c1)c1nnc(C2CCCN(C(=O)COc3ccc(Cl)cc3)C2)s1. The summed E-state index contributed by atoms with van der Waals surface area (Å²) in [6.07, 6.45) is 1.73. The Bertz CT molecular complexity index is 1110. The number of halogens is 2. The van der Waals surface area contributed by atoms with Gasteiger partial charge < -0.3 is 15.0 Å². The van der Waals surface area contributed by atoms with Crippen LogP contribution in [0.15, 0.2) is 48.5 Å². The number of nitrogens with zero attached hydrogens (tertiary/aromatic N) is 3. The number of benzene rings is 2. The Hall–Kier alpha value is -2.68. The number of hydrogen-bond acceptors (Lipinski definition) is 6. The number of rotatable bonds is 6. The molecular weight excluding hydrogens is 471 g/mol. The summed E-state index contributed by atoms with van der Waals surface area (Å²) in [5.41, 5.74) is 0.592. The molecule has 1 aromatic heterocycles. The molecule has 1 saturated heterocycles. The summed E-state index contributed by atoms with van der Waals surface area (Å²) in [4.78, 5) is 26.9. The van der Waals surface area contributed by atoms with E-state index in [1.807, 2.05) is 0 Å². The molecule has 1 aliphatic rings. The molecule has 7 nitrogen and oxygen atoms in total. The lowest BCUT2D eigenvalue weighted by atomic mass is 9.99. The molecule has 1 fully saturated rings. The first kappa shape index (κ1) is 22.5. The maximum absolute atomic E-state index is 12.6. The monoisotopic (exact) mass is 490 g/mol. The number of piperidine rings is 1. The summed E-state index contributed by atoms with van der Waals surface area (Å²) in [5, 5.41) is 13.2. The molecule has 2 aromatic carbocycles. The molecule has 0 radical (unpaired) electrons. The fourth-order valence-electron chi connectivity index (χ4n) is 3.41. The molecule has 10 heteroatoms. The Morgan fingerprint density at radius 1 is 1.12 bits per heavy atom. The third-order valence-corrected chi connectivity index (χ3v) is 6.59. The lowest BCUT2D eigenvalue weighted by Gasteiger charge is -2.31. The fraction of sp³-hybridized carbons (Fsp3) is 0.273. The highest BCUT2D eigenvalue weighted by Crippen LogP contribution is 2.29. The predicted molar refractivity (Wildman–Crippen MR) is 125 cm³/mol. The molecule has 3 aromatic rings. The van der Waals surface area contributed by atoms with Crippen LogP contribution in [0.1, 0.15) is 33.6 Å². The highest BCUT2D eigenvalue weighted by Gasteiger charge is 2.28. The number of likely N-dealkylation sites (tertiary alicyclic amines) is 1. The maximum atomic E-state index is 12.6. The van der Waals surface area contributed by atoms with Gasteiger partial charge in [0.25, 0.3) is 11.8 Å². The number of anilines is 1. The van der Waals surface area contributed by atoms with Crippen molar-refractivity contribution in [3.8, 4) is 5.75 Å². The molecule has 0 saturated carbocycles. The van der Waals surface area contributed by atoms with Gasteiger partial charge >= 0.3 is 0 Å². The van der Waals surface area contributed by atoms with Crippen LogP contribution in [0.5, 0.6) is 5.75 Å². The molecule has 1 unspecified atom stereocenters. The number of aromatic nitrogens is 2. The van der Waals surface area contributed by atoms with Gasteiger partial charge in [-0.05, 0) is 55.3 Å². The number of nitrogens with one attached hydrogen (secondary N) is 1. The topological polar surface area (TPSA) is 84.4 Å². The van der Waals surface area contributed by atoms with E-state index >= 15 is 0 Å². The summed E-state index contributed by atoms with van der Waals surface area (Å²) in [6, 6.07) is 13.8. The van der Waals surface area contributed by atoms with Gasteiger partial charge in [0.1, 0.15) is 10.8 Å². The Morgan fingerprint density at radius 2 is 1.94 bits per heavy atom. The van der Waals surface area contributed by atoms with Crippen molar-refractivity contribution in [2.45, 2.75) is 18.8 Å². The predicted octanol–water partition coefficient (Wildman–Crippen LogP) is 4.88. The van der Waals surface area contributed by atoms with Gasteiger partial charge in [-0.25, -0.2) is 0 Å². The Morgan fingerprint density at radius 3 is 2.72 bits per heavy atom. The van der Waals surface area contributed by atoms with Gasteiger partial charge in [-0.15, -0.1) is 10.2 Å². The lowest BCUT2D eigenvalue weighted by molar-refractivity contribution is -0.134. The second kappa shape index (κ2) is 10.3. The number of amides is 2. The third-order valence-electron chi connectivity index (χ3n) is 5.02. The largest absolute Gasteiger partial charge is 0.484 e. The van der Waals surface area contributed by atoms with Crippen LogP contribution in [-0.4, -0.2) is 46.6 Å². The third kappa shape index (κ3) is 5.76. The average Bonchev–Trinajstić information content (AvgIpc) is 3.29. The van der Waals surface area contributed by atoms with Crippen molar-refractivity contribution in [2.75, 3.05) is 25.0 Å². The van der Waals surface area contributed by atoms with Crippen LogP contribution in [0, 0.1) is 0 Å². The molecule has 1 aliphatic heterocycles. The van der Waals surface area contributed by atoms with Crippen molar-refractivity contribution in [2.24, 2.45) is 0 Å². The van der Waals surface area contributed by atoms with E-state index in [9.17, 15) is 9.59 Å². The van der Waals surface area contributed by atoms with E-state index in [0.29, 0.717) is 34.6 Å². The minimum Gasteiger partial charge on any atom is -0.484 e. The number of carbonyl (C=O) groups excluding carboxylic acids is 2. The second-order valence-corrected chi connectivity index (χ2v) is 9.21. The molecule has 4 rings (SSSR count). The average molecular weight is 491 g/mol. The van der Waals surface area contributed by atoms with E-state index in [4.69, 9.17) is 27.9 Å². The fourth-order valence-corrected chi connectivity index (χ4v) is 4.59. The minimum atomic E-state index is -0.337. The van der Waals surface area contributed by atoms with Gasteiger partial charge in [0, 0.05) is 34.7 Å². The molecule has 2 amide bonds. The first-order valence-corrected chi connectivity index (χ1v) is 11.6. The minimum absolute atomic E-state index is 0.0356. The molecule has 2 heterocycles. The molecule has 0 spiro atoms. The highest BCUT2D eigenvalue weighted by atomic mass is 35.5. The summed E-state index contributed by atoms with van der Waals surface area (Å²) in [5.74, 6) is 0.202. The van der Waals surface area contributed by atoms with E-state index in [0.717, 1.165) is 17.8 Å². The van der Waals surface area contributed by atoms with Crippen LogP contribution in [0.4, 0.5) is 5.69 Å². The number of hydrogen-bond donors (Lipinski definition) is 1. The second-order valence-electron chi connectivity index (χ2n) is 7.33. The van der Waals surface area contributed by atoms with Gasteiger partial charge in [0.15, 0.2) is 6.61 Å². The Labute approximate surface area is 199 Å². The van der Waals surface area contributed by atoms with E-state index < -0.39 is 0 Å². The summed E-state index contributed by atoms with van der Waals surface area (Å²) in [7, 11) is 0. The van der Waals surface area contributed by atoms with Gasteiger partial charge in [0.2, 0.25) is 5.01 Å². The Kier molecular flexibility index (Phi) is 7.24. The normalized spacial score (nSPS) is 15.9. The Balaban J connectivity index is 1.34. The quantitative estimate of drug-likeness (QED) is 0.531. The molecule has 1 N–H and O–H groups in total. The van der Waals surface area contributed by atoms with Gasteiger partial charge in [0.05, 0.1) is 0 Å². The molecule has 1 atom stereocenters. The summed E-state index contributed by atoms with van der Waals surface area (Å²) >= 11 is 13.1. The van der Waals surface area contributed by atoms with E-state index in [1.165, 1.54) is 11.3 Å². The van der Waals surface area contributed by atoms with Crippen molar-refractivity contribution in [1.29, 1.82) is 0 Å². The molecule has 166 valence electrons. The van der Waals surface area contributed by atoms with Gasteiger partial charge in [-0.1, -0.05) is 40.6 Å². The summed E-state index contributed by atoms with van der Waals surface area (Å²) < 4.78 is 5.58. The van der Waals surface area contributed by atoms with Crippen LogP contribution >= 0.6 is 34.5 Å². The van der Waals surface area contributed by atoms with Crippen molar-refractivity contribution in [3.63, 3.8) is 0 Å². The first-order chi connectivity index (χ1) is 15.5. The van der Waals surface area contributed by atoms with Crippen LogP contribution in [-0.2, 0) is 4.79 Å². The van der Waals surface area contributed by atoms with Crippen LogP contribution in [0.3, 0.4) is 0 Å². The highest BCUT2D eigenvalue weighted by molar-refractivity contribution is 7.13. The zero-order chi connectivity index (χ0) is 22.5. The molecular formula is C22H20Cl2N4O3S. The molecule has 0 bridgehead atoms. The smallest absolute Gasteiger partial charge is 0.286 e. The maximum Gasteiger partial charge on any atom is 0.286 e. The number of ether oxygens (including phenoxy) is 1. The van der Waals surface area contributed by atoms with Gasteiger partial charge in [-0.2, -0.15) is 0 Å². The van der Waals surface area contributed by atoms with Crippen LogP contribution in [0.2, 0.25) is 10.0 Å². The molecule has 0 aliphatic carbocycles. The summed E-state index contributed by atoms with van der Waals surface area (Å²) in [6.45, 7) is 1.14. The van der Waals surface area contributed by atoms with E-state index in [1.54, 1.807) is 53.4 Å². The zero-order valence-corrected chi connectivity index (χ0v) is 19.3. The van der Waals surface area contributed by atoms with Crippen LogP contribution < -0.4 is 10.1 Å². The van der Waals surface area contributed by atoms with Crippen molar-refractivity contribution in [3.05, 3.63) is 68.6 Å². The standard InChI is InChI=1S/C22H20Cl2N4O3S/c23-15-6-8-18(9-7-15)31-13-19(29)28-10-2-3-14(12-28)21-26-27-22(32-21)20(30)25-17-5-1-4-16(24)11-17/h1,4-9,11,14H,2-3,10,12-13H2,(H,25,30). The van der Waals surface area contributed by atoms with Crippen molar-refractivity contribution >= 4 is 52.0 Å². The lowest BCUT2D eigenvalue weighted by Crippen LogP contribution is -2.41. The first-order valence-electron chi connectivity index (χ1n) is 10.0. The van der Waals surface area contributed by atoms with E-state index in [-0.39, 0.29) is 29.3 Å². The van der Waals surface area contributed by atoms with Crippen LogP contribution in [0.25, 0.3) is 0 Å². The van der Waals surface area contributed by atoms with Crippen molar-refractivity contribution < 1.29 is 14.3 Å². The zero-order valence-electron chi connectivity index (χ0n) is 17.0.